The van der Waals surface area contributed by atoms with Crippen LogP contribution in [0.4, 0.5) is 5.69 Å². The van der Waals surface area contributed by atoms with Gasteiger partial charge in [-0.25, -0.2) is 0 Å². The number of methoxy groups -OCH3 is 1. The zero-order valence-corrected chi connectivity index (χ0v) is 12.3. The SMILES string of the molecule is COc1ccc(OCc2cccc([N+](=O)[O-])c2Br)cc1. The molecule has 2 aromatic carbocycles. The van der Waals surface area contributed by atoms with Crippen molar-refractivity contribution in [3.63, 3.8) is 0 Å². The first kappa shape index (κ1) is 14.3. The van der Waals surface area contributed by atoms with Gasteiger partial charge in [-0.05, 0) is 40.2 Å². The average molecular weight is 338 g/mol. The van der Waals surface area contributed by atoms with Crippen LogP contribution >= 0.6 is 15.9 Å². The molecule has 0 bridgehead atoms. The van der Waals surface area contributed by atoms with Gasteiger partial charge in [0.2, 0.25) is 0 Å². The van der Waals surface area contributed by atoms with Gasteiger partial charge in [0.25, 0.3) is 5.69 Å². The van der Waals surface area contributed by atoms with Crippen LogP contribution in [0.2, 0.25) is 0 Å². The van der Waals surface area contributed by atoms with Crippen molar-refractivity contribution in [1.29, 1.82) is 0 Å². The van der Waals surface area contributed by atoms with Gasteiger partial charge in [0.1, 0.15) is 22.6 Å². The predicted molar refractivity (Wildman–Crippen MR) is 78.1 cm³/mol. The average Bonchev–Trinajstić information content (AvgIpc) is 2.46. The Morgan fingerprint density at radius 1 is 1.15 bits per heavy atom. The van der Waals surface area contributed by atoms with Crippen LogP contribution in [-0.2, 0) is 6.61 Å². The van der Waals surface area contributed by atoms with Gasteiger partial charge in [-0.15, -0.1) is 0 Å². The molecule has 104 valence electrons. The quantitative estimate of drug-likeness (QED) is 0.612. The molecule has 0 unspecified atom stereocenters. The van der Waals surface area contributed by atoms with Crippen LogP contribution in [-0.4, -0.2) is 12.0 Å². The molecule has 2 rings (SSSR count). The maximum absolute atomic E-state index is 10.8. The first-order chi connectivity index (χ1) is 9.61. The van der Waals surface area contributed by atoms with Gasteiger partial charge in [-0.1, -0.05) is 12.1 Å². The number of nitro groups is 1. The molecule has 0 N–H and O–H groups in total. The second kappa shape index (κ2) is 6.38. The Kier molecular flexibility index (Phi) is 4.57. The van der Waals surface area contributed by atoms with Gasteiger partial charge < -0.3 is 9.47 Å². The highest BCUT2D eigenvalue weighted by Gasteiger charge is 2.14. The number of hydrogen-bond acceptors (Lipinski definition) is 4. The van der Waals surface area contributed by atoms with E-state index in [0.29, 0.717) is 10.2 Å². The molecular formula is C14H12BrNO4. The normalized spacial score (nSPS) is 10.1. The molecule has 0 atom stereocenters. The third-order valence-corrected chi connectivity index (χ3v) is 3.62. The number of nitrogens with zero attached hydrogens (tertiary/aromatic N) is 1. The Labute approximate surface area is 124 Å². The molecule has 0 radical (unpaired) electrons. The summed E-state index contributed by atoms with van der Waals surface area (Å²) >= 11 is 3.24. The fourth-order valence-corrected chi connectivity index (χ4v) is 2.18. The van der Waals surface area contributed by atoms with Crippen molar-refractivity contribution in [3.8, 4) is 11.5 Å². The number of benzene rings is 2. The standard InChI is InChI=1S/C14H12BrNO4/c1-19-11-5-7-12(8-6-11)20-9-10-3-2-4-13(14(10)15)16(17)18/h2-8H,9H2,1H3. The van der Waals surface area contributed by atoms with Gasteiger partial charge in [-0.2, -0.15) is 0 Å². The van der Waals surface area contributed by atoms with Gasteiger partial charge in [0, 0.05) is 11.6 Å². The summed E-state index contributed by atoms with van der Waals surface area (Å²) in [4.78, 5) is 10.4. The van der Waals surface area contributed by atoms with Crippen LogP contribution in [0, 0.1) is 10.1 Å². The molecule has 20 heavy (non-hydrogen) atoms. The van der Waals surface area contributed by atoms with Gasteiger partial charge in [0.15, 0.2) is 0 Å². The fourth-order valence-electron chi connectivity index (χ4n) is 1.65. The summed E-state index contributed by atoms with van der Waals surface area (Å²) in [6.45, 7) is 0.245. The third kappa shape index (κ3) is 3.27. The lowest BCUT2D eigenvalue weighted by Gasteiger charge is -2.08. The second-order valence-electron chi connectivity index (χ2n) is 3.97. The summed E-state index contributed by atoms with van der Waals surface area (Å²) < 4.78 is 11.1. The van der Waals surface area contributed by atoms with E-state index in [-0.39, 0.29) is 12.3 Å². The summed E-state index contributed by atoms with van der Waals surface area (Å²) in [6, 6.07) is 12.0. The minimum Gasteiger partial charge on any atom is -0.497 e. The molecule has 0 aliphatic carbocycles. The summed E-state index contributed by atoms with van der Waals surface area (Å²) in [7, 11) is 1.59. The minimum absolute atomic E-state index is 0.0285. The fraction of sp³-hybridized carbons (Fsp3) is 0.143. The smallest absolute Gasteiger partial charge is 0.283 e. The van der Waals surface area contributed by atoms with Crippen molar-refractivity contribution in [1.82, 2.24) is 0 Å². The molecule has 0 saturated heterocycles. The molecule has 2 aromatic rings. The molecular weight excluding hydrogens is 326 g/mol. The first-order valence-corrected chi connectivity index (χ1v) is 6.59. The highest BCUT2D eigenvalue weighted by atomic mass is 79.9. The molecule has 0 spiro atoms. The van der Waals surface area contributed by atoms with Crippen LogP contribution in [0.5, 0.6) is 11.5 Å². The van der Waals surface area contributed by atoms with Crippen LogP contribution in [0.25, 0.3) is 0 Å². The number of ether oxygens (including phenoxy) is 2. The van der Waals surface area contributed by atoms with Gasteiger partial charge in [-0.3, -0.25) is 10.1 Å². The first-order valence-electron chi connectivity index (χ1n) is 5.80. The molecule has 0 aliphatic heterocycles. The zero-order valence-electron chi connectivity index (χ0n) is 10.7. The van der Waals surface area contributed by atoms with Crippen LogP contribution in [0.15, 0.2) is 46.9 Å². The maximum Gasteiger partial charge on any atom is 0.283 e. The zero-order chi connectivity index (χ0) is 14.5. The number of halogens is 1. The van der Waals surface area contributed by atoms with E-state index >= 15 is 0 Å². The Hall–Kier alpha value is -2.08. The molecule has 6 heteroatoms. The number of nitro benzene ring substituents is 1. The Morgan fingerprint density at radius 3 is 2.40 bits per heavy atom. The van der Waals surface area contributed by atoms with Crippen LogP contribution < -0.4 is 9.47 Å². The largest absolute Gasteiger partial charge is 0.497 e. The Balaban J connectivity index is 2.10. The summed E-state index contributed by atoms with van der Waals surface area (Å²) in [5, 5.41) is 10.8. The lowest BCUT2D eigenvalue weighted by molar-refractivity contribution is -0.385. The third-order valence-electron chi connectivity index (χ3n) is 2.71. The Morgan fingerprint density at radius 2 is 1.80 bits per heavy atom. The number of hydrogen-bond donors (Lipinski definition) is 0. The Bertz CT molecular complexity index is 613. The molecule has 0 aliphatic rings. The lowest BCUT2D eigenvalue weighted by atomic mass is 10.2. The summed E-state index contributed by atoms with van der Waals surface area (Å²) in [5.41, 5.74) is 0.746. The van der Waals surface area contributed by atoms with Crippen LogP contribution in [0.1, 0.15) is 5.56 Å². The molecule has 0 saturated carbocycles. The lowest BCUT2D eigenvalue weighted by Crippen LogP contribution is -1.99. The van der Waals surface area contributed by atoms with Crippen molar-refractivity contribution < 1.29 is 14.4 Å². The van der Waals surface area contributed by atoms with E-state index in [4.69, 9.17) is 9.47 Å². The van der Waals surface area contributed by atoms with E-state index < -0.39 is 4.92 Å². The van der Waals surface area contributed by atoms with Crippen molar-refractivity contribution in [2.24, 2.45) is 0 Å². The van der Waals surface area contributed by atoms with Crippen molar-refractivity contribution in [2.75, 3.05) is 7.11 Å². The van der Waals surface area contributed by atoms with Crippen molar-refractivity contribution in [2.45, 2.75) is 6.61 Å². The summed E-state index contributed by atoms with van der Waals surface area (Å²) in [5.74, 6) is 1.41. The molecule has 0 amide bonds. The maximum atomic E-state index is 10.8. The van der Waals surface area contributed by atoms with E-state index in [0.717, 1.165) is 11.3 Å². The topological polar surface area (TPSA) is 61.6 Å². The van der Waals surface area contributed by atoms with E-state index in [1.165, 1.54) is 6.07 Å². The molecule has 0 heterocycles. The van der Waals surface area contributed by atoms with E-state index in [2.05, 4.69) is 15.9 Å². The van der Waals surface area contributed by atoms with E-state index in [9.17, 15) is 10.1 Å². The van der Waals surface area contributed by atoms with E-state index in [1.54, 1.807) is 43.5 Å². The summed E-state index contributed by atoms with van der Waals surface area (Å²) in [6.07, 6.45) is 0. The van der Waals surface area contributed by atoms with Crippen molar-refractivity contribution >= 4 is 21.6 Å². The van der Waals surface area contributed by atoms with Gasteiger partial charge in [0.05, 0.1) is 12.0 Å². The van der Waals surface area contributed by atoms with Crippen LogP contribution in [0.3, 0.4) is 0 Å². The highest BCUT2D eigenvalue weighted by molar-refractivity contribution is 9.10. The van der Waals surface area contributed by atoms with Gasteiger partial charge >= 0.3 is 0 Å². The highest BCUT2D eigenvalue weighted by Crippen LogP contribution is 2.29. The predicted octanol–water partition coefficient (Wildman–Crippen LogP) is 3.94. The number of rotatable bonds is 5. The van der Waals surface area contributed by atoms with E-state index in [1.807, 2.05) is 0 Å². The van der Waals surface area contributed by atoms with Crippen molar-refractivity contribution in [3.05, 3.63) is 62.6 Å². The molecule has 0 aromatic heterocycles. The minimum atomic E-state index is -0.430. The monoisotopic (exact) mass is 337 g/mol. The second-order valence-corrected chi connectivity index (χ2v) is 4.76. The molecule has 5 nitrogen and oxygen atoms in total. The molecule has 0 fully saturated rings.